The van der Waals surface area contributed by atoms with Gasteiger partial charge in [0, 0.05) is 6.42 Å². The van der Waals surface area contributed by atoms with E-state index >= 15 is 0 Å². The van der Waals surface area contributed by atoms with Crippen molar-refractivity contribution < 1.29 is 14.0 Å². The van der Waals surface area contributed by atoms with Crippen molar-refractivity contribution in [2.45, 2.75) is 103 Å². The van der Waals surface area contributed by atoms with Gasteiger partial charge in [0.25, 0.3) is 0 Å². The zero-order chi connectivity index (χ0) is 21.0. The number of rotatable bonds is 5. The van der Waals surface area contributed by atoms with Crippen LogP contribution in [-0.4, -0.2) is 27.5 Å². The molecule has 0 saturated heterocycles. The number of hydrogen-bond acceptors (Lipinski definition) is 3. The first-order valence-electron chi connectivity index (χ1n) is 11.3. The van der Waals surface area contributed by atoms with Crippen molar-refractivity contribution in [3.63, 3.8) is 0 Å². The van der Waals surface area contributed by atoms with Gasteiger partial charge < -0.3 is 9.16 Å². The highest BCUT2D eigenvalue weighted by atomic mass is 28.4. The third-order valence-corrected chi connectivity index (χ3v) is 13.7. The van der Waals surface area contributed by atoms with Gasteiger partial charge in [0.1, 0.15) is 0 Å². The Balaban J connectivity index is 1.92. The van der Waals surface area contributed by atoms with Gasteiger partial charge in [-0.15, -0.1) is 0 Å². The first-order chi connectivity index (χ1) is 12.8. The van der Waals surface area contributed by atoms with Crippen molar-refractivity contribution in [2.75, 3.05) is 7.11 Å². The molecule has 0 radical (unpaired) electrons. The predicted octanol–water partition coefficient (Wildman–Crippen LogP) is 6.49. The average molecular weight is 407 g/mol. The second-order valence-electron chi connectivity index (χ2n) is 11.7. The van der Waals surface area contributed by atoms with E-state index in [1.54, 1.807) is 0 Å². The molecular weight excluding hydrogens is 364 g/mol. The Bertz CT molecular complexity index is 634. The van der Waals surface area contributed by atoms with Crippen LogP contribution in [0.4, 0.5) is 0 Å². The maximum atomic E-state index is 12.0. The molecule has 0 heterocycles. The predicted molar refractivity (Wildman–Crippen MR) is 118 cm³/mol. The molecule has 1 spiro atoms. The van der Waals surface area contributed by atoms with Crippen LogP contribution in [-0.2, 0) is 14.0 Å². The third-order valence-electron chi connectivity index (χ3n) is 9.18. The Kier molecular flexibility index (Phi) is 5.73. The van der Waals surface area contributed by atoms with E-state index < -0.39 is 8.32 Å². The number of allylic oxidation sites excluding steroid dienone is 1. The molecule has 0 aromatic carbocycles. The van der Waals surface area contributed by atoms with E-state index in [4.69, 9.17) is 9.16 Å². The summed E-state index contributed by atoms with van der Waals surface area (Å²) >= 11 is 0. The second kappa shape index (κ2) is 7.26. The van der Waals surface area contributed by atoms with Gasteiger partial charge >= 0.3 is 5.97 Å². The molecule has 0 aromatic rings. The highest BCUT2D eigenvalue weighted by Gasteiger charge is 2.61. The second-order valence-corrected chi connectivity index (χ2v) is 16.5. The van der Waals surface area contributed by atoms with Crippen LogP contribution in [0.1, 0.15) is 79.1 Å². The summed E-state index contributed by atoms with van der Waals surface area (Å²) in [6.07, 6.45) is 9.11. The molecule has 0 aliphatic heterocycles. The van der Waals surface area contributed by atoms with Gasteiger partial charge in [-0.25, -0.2) is 0 Å². The largest absolute Gasteiger partial charge is 0.469 e. The van der Waals surface area contributed by atoms with E-state index in [0.29, 0.717) is 23.7 Å². The molecule has 4 heteroatoms. The van der Waals surface area contributed by atoms with E-state index in [9.17, 15) is 4.79 Å². The lowest BCUT2D eigenvalue weighted by Gasteiger charge is -2.65. The SMILES string of the molecule is C=C1C[C@]23CC[C@H]1C[C@H]2[C@](C)(CCC(=O)OC)[C@@H](O[Si](C)(C)C(C)(C)C)CC3. The van der Waals surface area contributed by atoms with Crippen LogP contribution < -0.4 is 0 Å². The van der Waals surface area contributed by atoms with E-state index in [-0.39, 0.29) is 22.5 Å². The Labute approximate surface area is 173 Å². The summed E-state index contributed by atoms with van der Waals surface area (Å²) in [5, 5.41) is 0.200. The summed E-state index contributed by atoms with van der Waals surface area (Å²) in [7, 11) is -0.370. The Morgan fingerprint density at radius 1 is 1.25 bits per heavy atom. The number of carbonyl (C=O) groups is 1. The minimum atomic E-state index is -1.87. The fraction of sp³-hybridized carbons (Fsp3) is 0.875. The minimum absolute atomic E-state index is 0.0430. The molecule has 4 saturated carbocycles. The first kappa shape index (κ1) is 22.1. The van der Waals surface area contributed by atoms with Crippen molar-refractivity contribution in [1.82, 2.24) is 0 Å². The first-order valence-corrected chi connectivity index (χ1v) is 14.2. The quantitative estimate of drug-likeness (QED) is 0.297. The molecule has 0 aromatic heterocycles. The molecule has 0 unspecified atom stereocenters. The lowest BCUT2D eigenvalue weighted by Crippen LogP contribution is -2.60. The van der Waals surface area contributed by atoms with Crippen molar-refractivity contribution in [1.29, 1.82) is 0 Å². The molecule has 4 rings (SSSR count). The highest BCUT2D eigenvalue weighted by molar-refractivity contribution is 6.74. The van der Waals surface area contributed by atoms with Gasteiger partial charge in [0.05, 0.1) is 13.2 Å². The van der Waals surface area contributed by atoms with Crippen LogP contribution in [0.15, 0.2) is 12.2 Å². The normalized spacial score (nSPS) is 38.2. The topological polar surface area (TPSA) is 35.5 Å². The summed E-state index contributed by atoms with van der Waals surface area (Å²) in [5.74, 6) is 1.23. The fourth-order valence-electron chi connectivity index (χ4n) is 6.33. The van der Waals surface area contributed by atoms with Crippen LogP contribution in [0, 0.1) is 22.7 Å². The van der Waals surface area contributed by atoms with Crippen molar-refractivity contribution in [3.05, 3.63) is 12.2 Å². The number of methoxy groups -OCH3 is 1. The molecule has 4 aliphatic carbocycles. The molecule has 160 valence electrons. The smallest absolute Gasteiger partial charge is 0.305 e. The molecule has 0 amide bonds. The van der Waals surface area contributed by atoms with E-state index in [2.05, 4.69) is 47.4 Å². The lowest BCUT2D eigenvalue weighted by atomic mass is 9.42. The average Bonchev–Trinajstić information content (AvgIpc) is 2.61. The highest BCUT2D eigenvalue weighted by Crippen LogP contribution is 2.67. The zero-order valence-electron chi connectivity index (χ0n) is 19.3. The summed E-state index contributed by atoms with van der Waals surface area (Å²) < 4.78 is 12.1. The van der Waals surface area contributed by atoms with Crippen molar-refractivity contribution in [2.24, 2.45) is 22.7 Å². The zero-order valence-corrected chi connectivity index (χ0v) is 20.3. The molecule has 0 N–H and O–H groups in total. The minimum Gasteiger partial charge on any atom is -0.469 e. The van der Waals surface area contributed by atoms with Crippen LogP contribution >= 0.6 is 0 Å². The van der Waals surface area contributed by atoms with Gasteiger partial charge in [-0.3, -0.25) is 4.79 Å². The van der Waals surface area contributed by atoms with Crippen LogP contribution in [0.3, 0.4) is 0 Å². The summed E-state index contributed by atoms with van der Waals surface area (Å²) in [5.41, 5.74) is 1.92. The number of esters is 1. The number of hydrogen-bond donors (Lipinski definition) is 0. The van der Waals surface area contributed by atoms with Crippen molar-refractivity contribution >= 4 is 14.3 Å². The fourth-order valence-corrected chi connectivity index (χ4v) is 7.78. The third kappa shape index (κ3) is 3.64. The Hall–Kier alpha value is -0.613. The molecule has 5 atom stereocenters. The molecule has 28 heavy (non-hydrogen) atoms. The van der Waals surface area contributed by atoms with E-state index in [1.807, 2.05) is 0 Å². The molecule has 3 nitrogen and oxygen atoms in total. The van der Waals surface area contributed by atoms with Gasteiger partial charge in [0.15, 0.2) is 8.32 Å². The van der Waals surface area contributed by atoms with Gasteiger partial charge in [-0.05, 0) is 85.7 Å². The summed E-state index contributed by atoms with van der Waals surface area (Å²) in [6.45, 7) is 18.6. The monoisotopic (exact) mass is 406 g/mol. The Morgan fingerprint density at radius 3 is 2.46 bits per heavy atom. The van der Waals surface area contributed by atoms with Crippen LogP contribution in [0.25, 0.3) is 0 Å². The molecule has 4 fully saturated rings. The number of carbonyl (C=O) groups excluding carboxylic acids is 1. The Morgan fingerprint density at radius 2 is 1.89 bits per heavy atom. The summed E-state index contributed by atoms with van der Waals surface area (Å²) in [4.78, 5) is 12.0. The lowest BCUT2D eigenvalue weighted by molar-refractivity contribution is -0.156. The van der Waals surface area contributed by atoms with Gasteiger partial charge in [-0.2, -0.15) is 0 Å². The van der Waals surface area contributed by atoms with Crippen LogP contribution in [0.2, 0.25) is 18.1 Å². The molecule has 4 aliphatic rings. The maximum Gasteiger partial charge on any atom is 0.305 e. The maximum absolute atomic E-state index is 12.0. The standard InChI is InChI=1S/C24H42O3Si/c1-17-16-24-13-9-18(17)15-19(24)23(5,12-11-21(25)26-6)20(10-14-24)27-28(7,8)22(2,3)4/h18-20H,1,9-16H2,2-8H3/t18-,19-,20-,23-,24+/m0/s1. The summed E-state index contributed by atoms with van der Waals surface area (Å²) in [6, 6.07) is 0. The number of fused-ring (bicyclic) bond motifs is 2. The molecular formula is C24H42O3Si. The van der Waals surface area contributed by atoms with Crippen molar-refractivity contribution in [3.8, 4) is 0 Å². The van der Waals surface area contributed by atoms with Crippen LogP contribution in [0.5, 0.6) is 0 Å². The molecule has 2 bridgehead atoms. The number of ether oxygens (including phenoxy) is 1. The van der Waals surface area contributed by atoms with E-state index in [0.717, 1.165) is 12.8 Å². The van der Waals surface area contributed by atoms with Gasteiger partial charge in [0.2, 0.25) is 0 Å². The van der Waals surface area contributed by atoms with E-state index in [1.165, 1.54) is 44.8 Å². The van der Waals surface area contributed by atoms with Gasteiger partial charge in [-0.1, -0.05) is 39.8 Å².